The third-order valence-electron chi connectivity index (χ3n) is 4.44. The molecule has 0 aliphatic carbocycles. The molecule has 3 aromatic rings. The van der Waals surface area contributed by atoms with E-state index in [1.165, 1.54) is 16.6 Å². The van der Waals surface area contributed by atoms with Crippen LogP contribution in [0.1, 0.15) is 50.4 Å². The molecule has 0 aromatic carbocycles. The second-order valence-electron chi connectivity index (χ2n) is 7.51. The molecule has 0 aliphatic heterocycles. The topological polar surface area (TPSA) is 30.7 Å². The Hall–Kier alpha value is -2.16. The lowest BCUT2D eigenvalue weighted by molar-refractivity contribution is 0.535. The Bertz CT molecular complexity index is 855. The second-order valence-corrected chi connectivity index (χ2v) is 7.51. The molecule has 3 heterocycles. The van der Waals surface area contributed by atoms with Gasteiger partial charge in [-0.05, 0) is 55.0 Å². The largest absolute Gasteiger partial charge is 0.346 e. The summed E-state index contributed by atoms with van der Waals surface area (Å²) < 4.78 is 2.33. The second kappa shape index (κ2) is 6.39. The molecule has 0 amide bonds. The Labute approximate surface area is 144 Å². The molecule has 0 radical (unpaired) electrons. The summed E-state index contributed by atoms with van der Waals surface area (Å²) in [5.41, 5.74) is 8.02. The molecule has 0 saturated carbocycles. The maximum Gasteiger partial charge on any atom is 0.0917 e. The zero-order valence-electron chi connectivity index (χ0n) is 15.6. The number of aryl methyl sites for hydroxylation is 2. The van der Waals surface area contributed by atoms with E-state index in [-0.39, 0.29) is 0 Å². The molecule has 0 spiro atoms. The lowest BCUT2D eigenvalue weighted by atomic mass is 10.0. The van der Waals surface area contributed by atoms with Crippen LogP contribution < -0.4 is 0 Å². The minimum absolute atomic E-state index is 0.447. The van der Waals surface area contributed by atoms with Crippen molar-refractivity contribution in [3.8, 4) is 11.3 Å². The third-order valence-corrected chi connectivity index (χ3v) is 4.44. The Balaban J connectivity index is 2.09. The minimum atomic E-state index is 0.447. The van der Waals surface area contributed by atoms with Crippen LogP contribution in [-0.2, 0) is 6.54 Å². The molecule has 126 valence electrons. The first-order valence-corrected chi connectivity index (χ1v) is 8.80. The van der Waals surface area contributed by atoms with Crippen LogP contribution in [0.4, 0.5) is 0 Å². The first-order chi connectivity index (χ1) is 11.4. The van der Waals surface area contributed by atoms with Gasteiger partial charge in [0.15, 0.2) is 0 Å². The zero-order valence-corrected chi connectivity index (χ0v) is 15.6. The molecule has 0 bridgehead atoms. The van der Waals surface area contributed by atoms with Crippen molar-refractivity contribution in [2.24, 2.45) is 5.92 Å². The van der Waals surface area contributed by atoms with E-state index in [0.29, 0.717) is 11.8 Å². The molecule has 0 fully saturated rings. The van der Waals surface area contributed by atoms with Crippen molar-refractivity contribution in [1.29, 1.82) is 0 Å². The number of hydrogen-bond donors (Lipinski definition) is 0. The number of fused-ring (bicyclic) bond motifs is 1. The molecule has 3 rings (SSSR count). The van der Waals surface area contributed by atoms with Crippen LogP contribution in [0, 0.1) is 19.8 Å². The van der Waals surface area contributed by atoms with E-state index in [1.807, 2.05) is 6.20 Å². The fourth-order valence-corrected chi connectivity index (χ4v) is 3.20. The lowest BCUT2D eigenvalue weighted by Crippen LogP contribution is -2.03. The molecule has 0 aliphatic rings. The van der Waals surface area contributed by atoms with Crippen molar-refractivity contribution in [1.82, 2.24) is 14.5 Å². The highest BCUT2D eigenvalue weighted by molar-refractivity contribution is 5.84. The summed E-state index contributed by atoms with van der Waals surface area (Å²) >= 11 is 0. The lowest BCUT2D eigenvalue weighted by Gasteiger charge is -2.11. The molecule has 0 unspecified atom stereocenters. The van der Waals surface area contributed by atoms with Crippen molar-refractivity contribution in [2.75, 3.05) is 0 Å². The van der Waals surface area contributed by atoms with Crippen LogP contribution in [0.15, 0.2) is 30.6 Å². The Morgan fingerprint density at radius 1 is 1.04 bits per heavy atom. The van der Waals surface area contributed by atoms with Crippen molar-refractivity contribution in [2.45, 2.75) is 54.0 Å². The normalized spacial score (nSPS) is 11.8. The number of nitrogens with zero attached hydrogens (tertiary/aromatic N) is 3. The average molecular weight is 321 g/mol. The van der Waals surface area contributed by atoms with E-state index in [2.05, 4.69) is 75.5 Å². The predicted octanol–water partition coefficient (Wildman–Crippen LogP) is 5.49. The zero-order chi connectivity index (χ0) is 17.4. The van der Waals surface area contributed by atoms with Crippen LogP contribution in [-0.4, -0.2) is 14.5 Å². The molecular weight excluding hydrogens is 294 g/mol. The average Bonchev–Trinajstić information content (AvgIpc) is 2.81. The molecule has 0 saturated heterocycles. The van der Waals surface area contributed by atoms with Gasteiger partial charge in [-0.25, -0.2) is 4.98 Å². The number of rotatable bonds is 4. The van der Waals surface area contributed by atoms with Crippen LogP contribution in [0.25, 0.3) is 22.3 Å². The first kappa shape index (κ1) is 16.7. The predicted molar refractivity (Wildman–Crippen MR) is 101 cm³/mol. The summed E-state index contributed by atoms with van der Waals surface area (Å²) in [7, 11) is 0. The maximum absolute atomic E-state index is 4.99. The van der Waals surface area contributed by atoms with E-state index in [1.54, 1.807) is 0 Å². The standard InChI is InChI=1S/C21H27N3/c1-13(2)11-24-12-16(6)21-19(24)9-15(5)20(23-21)17-7-8-18(14(3)4)22-10-17/h7-10,12-14H,11H2,1-6H3. The van der Waals surface area contributed by atoms with Crippen molar-refractivity contribution in [3.63, 3.8) is 0 Å². The smallest absolute Gasteiger partial charge is 0.0917 e. The van der Waals surface area contributed by atoms with Crippen LogP contribution in [0.3, 0.4) is 0 Å². The van der Waals surface area contributed by atoms with Gasteiger partial charge in [-0.3, -0.25) is 4.98 Å². The van der Waals surface area contributed by atoms with Crippen LogP contribution in [0.5, 0.6) is 0 Å². The van der Waals surface area contributed by atoms with Gasteiger partial charge in [0.1, 0.15) is 0 Å². The summed E-state index contributed by atoms with van der Waals surface area (Å²) in [5.74, 6) is 1.07. The van der Waals surface area contributed by atoms with E-state index in [9.17, 15) is 0 Å². The highest BCUT2D eigenvalue weighted by Gasteiger charge is 2.13. The highest BCUT2D eigenvalue weighted by Crippen LogP contribution is 2.28. The molecule has 0 N–H and O–H groups in total. The SMILES string of the molecule is Cc1cc2c(nc1-c1ccc(C(C)C)nc1)c(C)cn2CC(C)C. The maximum atomic E-state index is 4.99. The summed E-state index contributed by atoms with van der Waals surface area (Å²) in [6.45, 7) is 14.1. The van der Waals surface area contributed by atoms with E-state index in [4.69, 9.17) is 4.98 Å². The Morgan fingerprint density at radius 2 is 1.79 bits per heavy atom. The van der Waals surface area contributed by atoms with E-state index < -0.39 is 0 Å². The fourth-order valence-electron chi connectivity index (χ4n) is 3.20. The molecule has 3 heteroatoms. The summed E-state index contributed by atoms with van der Waals surface area (Å²) in [6.07, 6.45) is 4.18. The Kier molecular flexibility index (Phi) is 4.44. The summed E-state index contributed by atoms with van der Waals surface area (Å²) in [5, 5.41) is 0. The molecule has 3 aromatic heterocycles. The minimum Gasteiger partial charge on any atom is -0.346 e. The molecule has 0 atom stereocenters. The van der Waals surface area contributed by atoms with Gasteiger partial charge in [0, 0.05) is 30.2 Å². The summed E-state index contributed by atoms with van der Waals surface area (Å²) in [6, 6.07) is 6.52. The van der Waals surface area contributed by atoms with Crippen LogP contribution in [0.2, 0.25) is 0 Å². The third kappa shape index (κ3) is 3.08. The van der Waals surface area contributed by atoms with Crippen molar-refractivity contribution < 1.29 is 0 Å². The number of aromatic nitrogens is 3. The van der Waals surface area contributed by atoms with Gasteiger partial charge >= 0.3 is 0 Å². The van der Waals surface area contributed by atoms with Crippen LogP contribution >= 0.6 is 0 Å². The molecular formula is C21H27N3. The number of pyridine rings is 2. The van der Waals surface area contributed by atoms with Gasteiger partial charge in [0.2, 0.25) is 0 Å². The van der Waals surface area contributed by atoms with E-state index in [0.717, 1.165) is 29.0 Å². The molecule has 3 nitrogen and oxygen atoms in total. The molecule has 24 heavy (non-hydrogen) atoms. The van der Waals surface area contributed by atoms with Gasteiger partial charge < -0.3 is 4.57 Å². The summed E-state index contributed by atoms with van der Waals surface area (Å²) in [4.78, 5) is 9.58. The van der Waals surface area contributed by atoms with Gasteiger partial charge in [-0.15, -0.1) is 0 Å². The van der Waals surface area contributed by atoms with Gasteiger partial charge in [-0.1, -0.05) is 27.7 Å². The van der Waals surface area contributed by atoms with E-state index >= 15 is 0 Å². The quantitative estimate of drug-likeness (QED) is 0.635. The Morgan fingerprint density at radius 3 is 2.38 bits per heavy atom. The van der Waals surface area contributed by atoms with Crippen molar-refractivity contribution in [3.05, 3.63) is 47.4 Å². The van der Waals surface area contributed by atoms with Gasteiger partial charge in [0.25, 0.3) is 0 Å². The number of hydrogen-bond acceptors (Lipinski definition) is 2. The monoisotopic (exact) mass is 321 g/mol. The van der Waals surface area contributed by atoms with Gasteiger partial charge in [-0.2, -0.15) is 0 Å². The van der Waals surface area contributed by atoms with Gasteiger partial charge in [0.05, 0.1) is 16.7 Å². The first-order valence-electron chi connectivity index (χ1n) is 8.80. The fraction of sp³-hybridized carbons (Fsp3) is 0.429. The van der Waals surface area contributed by atoms with Crippen molar-refractivity contribution >= 4 is 11.0 Å². The highest BCUT2D eigenvalue weighted by atomic mass is 15.0.